The van der Waals surface area contributed by atoms with Gasteiger partial charge in [-0.05, 0) is 34.9 Å². The lowest BCUT2D eigenvalue weighted by atomic mass is 9.94. The van der Waals surface area contributed by atoms with Crippen LogP contribution in [0, 0.1) is 6.92 Å². The number of aromatic hydroxyl groups is 1. The third-order valence-electron chi connectivity index (χ3n) is 4.19. The number of aryl methyl sites for hydroxylation is 1. The molecular weight excluding hydrogens is 268 g/mol. The third kappa shape index (κ3) is 1.94. The first-order chi connectivity index (χ1) is 10.7. The van der Waals surface area contributed by atoms with E-state index in [1.54, 1.807) is 0 Å². The molecule has 0 amide bonds. The molecule has 0 aliphatic rings. The Morgan fingerprint density at radius 3 is 2.36 bits per heavy atom. The van der Waals surface area contributed by atoms with E-state index in [1.807, 2.05) is 30.3 Å². The van der Waals surface area contributed by atoms with Gasteiger partial charge in [-0.3, -0.25) is 0 Å². The van der Waals surface area contributed by atoms with Crippen molar-refractivity contribution in [1.82, 2.24) is 0 Å². The average molecular weight is 284 g/mol. The average Bonchev–Trinajstić information content (AvgIpc) is 2.54. The number of benzene rings is 4. The van der Waals surface area contributed by atoms with Crippen molar-refractivity contribution in [3.8, 4) is 16.9 Å². The molecule has 4 aromatic rings. The van der Waals surface area contributed by atoms with E-state index in [0.29, 0.717) is 5.75 Å². The van der Waals surface area contributed by atoms with Gasteiger partial charge in [0.05, 0.1) is 0 Å². The van der Waals surface area contributed by atoms with Crippen LogP contribution in [0.1, 0.15) is 5.56 Å². The SMILES string of the molecule is Cc1cccc(-c2cccc3cc4ccccc4c(O)c23)c1. The first-order valence-electron chi connectivity index (χ1n) is 7.44. The van der Waals surface area contributed by atoms with Crippen LogP contribution in [0.2, 0.25) is 0 Å². The molecule has 1 nitrogen and oxygen atoms in total. The molecule has 4 rings (SSSR count). The summed E-state index contributed by atoms with van der Waals surface area (Å²) in [4.78, 5) is 0. The Morgan fingerprint density at radius 2 is 1.50 bits per heavy atom. The maximum Gasteiger partial charge on any atom is 0.131 e. The van der Waals surface area contributed by atoms with E-state index < -0.39 is 0 Å². The molecule has 0 unspecified atom stereocenters. The summed E-state index contributed by atoms with van der Waals surface area (Å²) in [5.41, 5.74) is 3.43. The maximum atomic E-state index is 10.8. The number of phenols is 1. The molecule has 0 saturated heterocycles. The molecule has 0 bridgehead atoms. The van der Waals surface area contributed by atoms with E-state index in [4.69, 9.17) is 0 Å². The van der Waals surface area contributed by atoms with Crippen LogP contribution in [0.25, 0.3) is 32.7 Å². The summed E-state index contributed by atoms with van der Waals surface area (Å²) in [5, 5.41) is 14.8. The molecule has 0 aliphatic carbocycles. The molecule has 0 spiro atoms. The highest BCUT2D eigenvalue weighted by Gasteiger charge is 2.11. The van der Waals surface area contributed by atoms with Gasteiger partial charge >= 0.3 is 0 Å². The van der Waals surface area contributed by atoms with E-state index in [-0.39, 0.29) is 0 Å². The van der Waals surface area contributed by atoms with Gasteiger partial charge in [-0.1, -0.05) is 72.3 Å². The molecular formula is C21H16O. The Labute approximate surface area is 129 Å². The largest absolute Gasteiger partial charge is 0.507 e. The van der Waals surface area contributed by atoms with Gasteiger partial charge in [-0.2, -0.15) is 0 Å². The minimum Gasteiger partial charge on any atom is -0.507 e. The van der Waals surface area contributed by atoms with Crippen LogP contribution >= 0.6 is 0 Å². The smallest absolute Gasteiger partial charge is 0.131 e. The van der Waals surface area contributed by atoms with Crippen LogP contribution < -0.4 is 0 Å². The van der Waals surface area contributed by atoms with Gasteiger partial charge in [0, 0.05) is 10.8 Å². The van der Waals surface area contributed by atoms with E-state index in [2.05, 4.69) is 49.4 Å². The lowest BCUT2D eigenvalue weighted by Gasteiger charge is -2.12. The fourth-order valence-electron chi connectivity index (χ4n) is 3.15. The van der Waals surface area contributed by atoms with Gasteiger partial charge in [0.25, 0.3) is 0 Å². The normalized spacial score (nSPS) is 11.1. The standard InChI is InChI=1S/C21H16O/c1-14-6-4-8-15(12-14)18-11-5-9-17-13-16-7-2-3-10-19(16)21(22)20(17)18/h2-13,22H,1H3. The van der Waals surface area contributed by atoms with Crippen molar-refractivity contribution in [2.24, 2.45) is 0 Å². The molecule has 0 saturated carbocycles. The topological polar surface area (TPSA) is 20.2 Å². The molecule has 1 heteroatoms. The molecule has 0 heterocycles. The highest BCUT2D eigenvalue weighted by molar-refractivity contribution is 6.10. The van der Waals surface area contributed by atoms with Crippen LogP contribution in [-0.4, -0.2) is 5.11 Å². The molecule has 0 fully saturated rings. The maximum absolute atomic E-state index is 10.8. The van der Waals surface area contributed by atoms with Crippen molar-refractivity contribution in [3.05, 3.63) is 78.4 Å². The Bertz CT molecular complexity index is 999. The number of fused-ring (bicyclic) bond motifs is 2. The van der Waals surface area contributed by atoms with Crippen molar-refractivity contribution in [1.29, 1.82) is 0 Å². The summed E-state index contributed by atoms with van der Waals surface area (Å²) in [6.07, 6.45) is 0. The predicted octanol–water partition coefficient (Wildman–Crippen LogP) is 5.67. The van der Waals surface area contributed by atoms with Gasteiger partial charge in [-0.15, -0.1) is 0 Å². The van der Waals surface area contributed by atoms with Gasteiger partial charge in [0.1, 0.15) is 5.75 Å². The number of phenolic OH excluding ortho intramolecular Hbond substituents is 1. The summed E-state index contributed by atoms with van der Waals surface area (Å²) in [6.45, 7) is 2.09. The van der Waals surface area contributed by atoms with Crippen LogP contribution in [0.15, 0.2) is 72.8 Å². The van der Waals surface area contributed by atoms with Crippen molar-refractivity contribution < 1.29 is 5.11 Å². The zero-order chi connectivity index (χ0) is 15.1. The summed E-state index contributed by atoms with van der Waals surface area (Å²) in [7, 11) is 0. The van der Waals surface area contributed by atoms with Crippen LogP contribution in [0.4, 0.5) is 0 Å². The zero-order valence-corrected chi connectivity index (χ0v) is 12.4. The number of hydrogen-bond donors (Lipinski definition) is 1. The Morgan fingerprint density at radius 1 is 0.727 bits per heavy atom. The fraction of sp³-hybridized carbons (Fsp3) is 0.0476. The molecule has 0 aromatic heterocycles. The molecule has 0 aliphatic heterocycles. The van der Waals surface area contributed by atoms with Gasteiger partial charge in [-0.25, -0.2) is 0 Å². The minimum absolute atomic E-state index is 0.366. The molecule has 0 radical (unpaired) electrons. The summed E-state index contributed by atoms with van der Waals surface area (Å²) >= 11 is 0. The van der Waals surface area contributed by atoms with Crippen LogP contribution in [0.5, 0.6) is 5.75 Å². The molecule has 4 aromatic carbocycles. The second kappa shape index (κ2) is 4.88. The second-order valence-electron chi connectivity index (χ2n) is 5.72. The van der Waals surface area contributed by atoms with Crippen molar-refractivity contribution in [2.45, 2.75) is 6.92 Å². The van der Waals surface area contributed by atoms with Crippen LogP contribution in [0.3, 0.4) is 0 Å². The Hall–Kier alpha value is -2.80. The van der Waals surface area contributed by atoms with Crippen LogP contribution in [-0.2, 0) is 0 Å². The zero-order valence-electron chi connectivity index (χ0n) is 12.4. The number of hydrogen-bond acceptors (Lipinski definition) is 1. The third-order valence-corrected chi connectivity index (χ3v) is 4.19. The van der Waals surface area contributed by atoms with Gasteiger partial charge in [0.15, 0.2) is 0 Å². The molecule has 22 heavy (non-hydrogen) atoms. The molecule has 1 N–H and O–H groups in total. The van der Waals surface area contributed by atoms with E-state index in [1.165, 1.54) is 5.56 Å². The lowest BCUT2D eigenvalue weighted by Crippen LogP contribution is -1.85. The highest BCUT2D eigenvalue weighted by Crippen LogP contribution is 2.39. The Kier molecular flexibility index (Phi) is 2.87. The first kappa shape index (κ1) is 12.9. The molecule has 106 valence electrons. The summed E-state index contributed by atoms with van der Waals surface area (Å²) < 4.78 is 0. The van der Waals surface area contributed by atoms with E-state index >= 15 is 0 Å². The monoisotopic (exact) mass is 284 g/mol. The fourth-order valence-corrected chi connectivity index (χ4v) is 3.15. The number of rotatable bonds is 1. The van der Waals surface area contributed by atoms with E-state index in [9.17, 15) is 5.11 Å². The second-order valence-corrected chi connectivity index (χ2v) is 5.72. The van der Waals surface area contributed by atoms with Gasteiger partial charge in [0.2, 0.25) is 0 Å². The molecule has 0 atom stereocenters. The summed E-state index contributed by atoms with van der Waals surface area (Å²) in [6, 6.07) is 24.7. The lowest BCUT2D eigenvalue weighted by molar-refractivity contribution is 0.488. The Balaban J connectivity index is 2.14. The van der Waals surface area contributed by atoms with Crippen molar-refractivity contribution in [2.75, 3.05) is 0 Å². The highest BCUT2D eigenvalue weighted by atomic mass is 16.3. The van der Waals surface area contributed by atoms with Crippen molar-refractivity contribution in [3.63, 3.8) is 0 Å². The van der Waals surface area contributed by atoms with Gasteiger partial charge < -0.3 is 5.11 Å². The van der Waals surface area contributed by atoms with Crippen molar-refractivity contribution >= 4 is 21.5 Å². The first-order valence-corrected chi connectivity index (χ1v) is 7.44. The quantitative estimate of drug-likeness (QED) is 0.446. The minimum atomic E-state index is 0.366. The van der Waals surface area contributed by atoms with E-state index in [0.717, 1.165) is 32.7 Å². The summed E-state index contributed by atoms with van der Waals surface area (Å²) in [5.74, 6) is 0.366. The predicted molar refractivity (Wildman–Crippen MR) is 93.3 cm³/mol.